The number of nitrogens with zero attached hydrogens (tertiary/aromatic N) is 1. The van der Waals surface area contributed by atoms with Crippen molar-refractivity contribution in [3.05, 3.63) is 22.2 Å². The average Bonchev–Trinajstić information content (AvgIpc) is 2.60. The van der Waals surface area contributed by atoms with Gasteiger partial charge in [0.2, 0.25) is 5.69 Å². The second-order valence-corrected chi connectivity index (χ2v) is 9.29. The SMILES string of the molecule is [B]C(O)(O)C(O)(O)Oc1c(OC)cc2c(c1Cl)CCN1CC(OC(C)(C)C)CCC21. The first-order valence-electron chi connectivity index (χ1n) is 9.92. The van der Waals surface area contributed by atoms with E-state index in [-0.39, 0.29) is 34.3 Å². The molecule has 0 amide bonds. The zero-order chi connectivity index (χ0) is 22.5. The lowest BCUT2D eigenvalue weighted by Gasteiger charge is -2.45. The van der Waals surface area contributed by atoms with Crippen LogP contribution >= 0.6 is 11.6 Å². The highest BCUT2D eigenvalue weighted by molar-refractivity contribution is 6.33. The molecule has 0 spiro atoms. The lowest BCUT2D eigenvalue weighted by atomic mass is 9.85. The Kier molecular flexibility index (Phi) is 6.39. The molecule has 2 unspecified atom stereocenters. The molecule has 1 aromatic rings. The highest BCUT2D eigenvalue weighted by atomic mass is 35.5. The van der Waals surface area contributed by atoms with Gasteiger partial charge in [-0.3, -0.25) is 4.90 Å². The van der Waals surface area contributed by atoms with Gasteiger partial charge in [-0.2, -0.15) is 0 Å². The molecule has 2 heterocycles. The van der Waals surface area contributed by atoms with Crippen LogP contribution in [0.3, 0.4) is 0 Å². The van der Waals surface area contributed by atoms with Crippen LogP contribution in [0.15, 0.2) is 6.07 Å². The van der Waals surface area contributed by atoms with Crippen molar-refractivity contribution in [2.24, 2.45) is 0 Å². The molecule has 30 heavy (non-hydrogen) atoms. The summed E-state index contributed by atoms with van der Waals surface area (Å²) in [5.41, 5.74) is -1.88. The monoisotopic (exact) mass is 441 g/mol. The highest BCUT2D eigenvalue weighted by Crippen LogP contribution is 2.48. The van der Waals surface area contributed by atoms with Crippen molar-refractivity contribution in [3.8, 4) is 11.5 Å². The smallest absolute Gasteiger partial charge is 0.368 e. The van der Waals surface area contributed by atoms with Gasteiger partial charge in [0.1, 0.15) is 0 Å². The number of hydrogen-bond acceptors (Lipinski definition) is 8. The lowest BCUT2D eigenvalue weighted by Crippen LogP contribution is -2.59. The average molecular weight is 442 g/mol. The summed E-state index contributed by atoms with van der Waals surface area (Å²) in [7, 11) is 6.35. The van der Waals surface area contributed by atoms with E-state index in [0.717, 1.165) is 37.1 Å². The third-order valence-corrected chi connectivity index (χ3v) is 5.84. The van der Waals surface area contributed by atoms with Crippen molar-refractivity contribution in [1.29, 1.82) is 0 Å². The van der Waals surface area contributed by atoms with Gasteiger partial charge < -0.3 is 34.6 Å². The van der Waals surface area contributed by atoms with E-state index in [4.69, 9.17) is 33.7 Å². The standard InChI is InChI=1S/C20H29BClNO7/c1-18(2,3)29-11-5-6-14-13-9-15(28-4)17(30-20(26,27)19(21,24)25)16(22)12(13)7-8-23(14)10-11/h9,11,14,24-27H,5-8,10H2,1-4H3. The van der Waals surface area contributed by atoms with Crippen LogP contribution in [0, 0.1) is 0 Å². The number of aliphatic hydroxyl groups is 4. The number of fused-ring (bicyclic) bond motifs is 3. The summed E-state index contributed by atoms with van der Waals surface area (Å²) >= 11 is 6.54. The van der Waals surface area contributed by atoms with Gasteiger partial charge >= 0.3 is 5.97 Å². The number of rotatable bonds is 5. The molecule has 0 aliphatic carbocycles. The second kappa shape index (κ2) is 8.13. The van der Waals surface area contributed by atoms with Crippen LogP contribution in [0.1, 0.15) is 50.8 Å². The normalized spacial score (nSPS) is 23.0. The molecule has 2 atom stereocenters. The van der Waals surface area contributed by atoms with E-state index in [1.165, 1.54) is 7.11 Å². The van der Waals surface area contributed by atoms with Crippen LogP contribution in [-0.4, -0.2) is 76.7 Å². The minimum Gasteiger partial charge on any atom is -0.493 e. The predicted octanol–water partition coefficient (Wildman–Crippen LogP) is 1.05. The zero-order valence-corrected chi connectivity index (χ0v) is 18.4. The Bertz CT molecular complexity index is 791. The Balaban J connectivity index is 1.91. The van der Waals surface area contributed by atoms with E-state index in [9.17, 15) is 20.4 Å². The zero-order valence-electron chi connectivity index (χ0n) is 17.7. The maximum Gasteiger partial charge on any atom is 0.368 e. The van der Waals surface area contributed by atoms with E-state index < -0.39 is 11.7 Å². The molecule has 0 saturated carbocycles. The molecular formula is C20H29BClNO7. The molecule has 0 bridgehead atoms. The summed E-state index contributed by atoms with van der Waals surface area (Å²) in [5, 5.41) is 38.5. The Morgan fingerprint density at radius 1 is 1.17 bits per heavy atom. The van der Waals surface area contributed by atoms with Crippen molar-refractivity contribution < 1.29 is 34.6 Å². The van der Waals surface area contributed by atoms with Gasteiger partial charge in [0, 0.05) is 19.1 Å². The first kappa shape index (κ1) is 23.6. The quantitative estimate of drug-likeness (QED) is 0.396. The molecule has 8 nitrogen and oxygen atoms in total. The number of methoxy groups -OCH3 is 1. The minimum atomic E-state index is -3.50. The Labute approximate surface area is 182 Å². The van der Waals surface area contributed by atoms with Crippen molar-refractivity contribution in [2.45, 2.75) is 69.4 Å². The fourth-order valence-corrected chi connectivity index (χ4v) is 4.47. The van der Waals surface area contributed by atoms with Gasteiger partial charge in [0.15, 0.2) is 19.3 Å². The first-order chi connectivity index (χ1) is 13.7. The number of piperidine rings is 1. The Morgan fingerprint density at radius 3 is 2.40 bits per heavy atom. The summed E-state index contributed by atoms with van der Waals surface area (Å²) in [6, 6.07) is 1.85. The van der Waals surface area contributed by atoms with Crippen LogP contribution in [0.5, 0.6) is 11.5 Å². The van der Waals surface area contributed by atoms with Gasteiger partial charge in [-0.15, -0.1) is 0 Å². The summed E-state index contributed by atoms with van der Waals surface area (Å²) < 4.78 is 16.5. The van der Waals surface area contributed by atoms with Gasteiger partial charge in [-0.05, 0) is 57.2 Å². The van der Waals surface area contributed by atoms with E-state index in [2.05, 4.69) is 4.90 Å². The van der Waals surface area contributed by atoms with Crippen LogP contribution in [0.25, 0.3) is 0 Å². The van der Waals surface area contributed by atoms with Crippen molar-refractivity contribution in [2.75, 3.05) is 20.2 Å². The molecule has 1 aromatic carbocycles. The number of hydrogen-bond donors (Lipinski definition) is 4. The topological polar surface area (TPSA) is 112 Å². The summed E-state index contributed by atoms with van der Waals surface area (Å²) in [6.45, 7) is 7.70. The maximum absolute atomic E-state index is 9.83. The molecule has 2 aliphatic heterocycles. The van der Waals surface area contributed by atoms with E-state index in [0.29, 0.717) is 6.42 Å². The van der Waals surface area contributed by atoms with Crippen LogP contribution in [0.2, 0.25) is 5.02 Å². The van der Waals surface area contributed by atoms with Crippen molar-refractivity contribution in [3.63, 3.8) is 0 Å². The summed E-state index contributed by atoms with van der Waals surface area (Å²) in [6.07, 6.45) is 2.52. The van der Waals surface area contributed by atoms with Crippen LogP contribution in [-0.2, 0) is 11.2 Å². The Morgan fingerprint density at radius 2 is 1.83 bits per heavy atom. The molecule has 1 saturated heterocycles. The van der Waals surface area contributed by atoms with E-state index in [1.54, 1.807) is 6.07 Å². The molecule has 0 aromatic heterocycles. The third-order valence-electron chi connectivity index (χ3n) is 5.44. The van der Waals surface area contributed by atoms with Crippen LogP contribution in [0.4, 0.5) is 0 Å². The minimum absolute atomic E-state index is 0.117. The molecule has 10 heteroatoms. The van der Waals surface area contributed by atoms with Gasteiger partial charge in [0.25, 0.3) is 0 Å². The molecule has 4 N–H and O–H groups in total. The summed E-state index contributed by atoms with van der Waals surface area (Å²) in [5.74, 6) is -3.59. The number of benzene rings is 1. The van der Waals surface area contributed by atoms with Gasteiger partial charge in [-0.1, -0.05) is 11.6 Å². The molecule has 166 valence electrons. The number of halogens is 1. The Hall–Kier alpha value is -1.07. The molecule has 3 rings (SSSR count). The molecule has 2 radical (unpaired) electrons. The largest absolute Gasteiger partial charge is 0.493 e. The van der Waals surface area contributed by atoms with Gasteiger partial charge in [-0.25, -0.2) is 0 Å². The van der Waals surface area contributed by atoms with Crippen molar-refractivity contribution >= 4 is 19.4 Å². The van der Waals surface area contributed by atoms with E-state index in [1.807, 2.05) is 20.8 Å². The molecular weight excluding hydrogens is 412 g/mol. The number of ether oxygens (including phenoxy) is 3. The second-order valence-electron chi connectivity index (χ2n) is 8.92. The summed E-state index contributed by atoms with van der Waals surface area (Å²) in [4.78, 5) is 2.35. The fraction of sp³-hybridized carbons (Fsp3) is 0.700. The fourth-order valence-electron chi connectivity index (χ4n) is 4.14. The molecule has 2 aliphatic rings. The van der Waals surface area contributed by atoms with Crippen molar-refractivity contribution in [1.82, 2.24) is 4.90 Å². The predicted molar refractivity (Wildman–Crippen MR) is 111 cm³/mol. The maximum atomic E-state index is 9.83. The molecule has 1 fully saturated rings. The van der Waals surface area contributed by atoms with Crippen LogP contribution < -0.4 is 9.47 Å². The highest BCUT2D eigenvalue weighted by Gasteiger charge is 2.47. The first-order valence-corrected chi connectivity index (χ1v) is 10.3. The third kappa shape index (κ3) is 4.72. The van der Waals surface area contributed by atoms with Gasteiger partial charge in [0.05, 0.1) is 23.8 Å². The lowest BCUT2D eigenvalue weighted by molar-refractivity contribution is -0.401. The van der Waals surface area contributed by atoms with E-state index >= 15 is 0 Å².